The minimum Gasteiger partial charge on any atom is -0.351 e. The Morgan fingerprint density at radius 3 is 2.67 bits per heavy atom. The summed E-state index contributed by atoms with van der Waals surface area (Å²) >= 11 is 0. The van der Waals surface area contributed by atoms with Crippen LogP contribution < -0.4 is 5.32 Å². The van der Waals surface area contributed by atoms with Gasteiger partial charge in [-0.15, -0.1) is 0 Å². The molecule has 6 nitrogen and oxygen atoms in total. The second kappa shape index (κ2) is 5.32. The quantitative estimate of drug-likeness (QED) is 0.878. The molecule has 118 valence electrons. The monoisotopic (exact) mass is 325 g/mol. The number of nitrogens with one attached hydrogen (secondary N) is 1. The Kier molecular flexibility index (Phi) is 4.00. The average Bonchev–Trinajstić information content (AvgIpc) is 2.82. The first-order chi connectivity index (χ1) is 9.57. The van der Waals surface area contributed by atoms with Crippen LogP contribution in [0.15, 0.2) is 6.07 Å². The Labute approximate surface area is 119 Å². The summed E-state index contributed by atoms with van der Waals surface area (Å²) in [5.74, 6) is -0.682. The molecule has 1 aliphatic rings. The highest BCUT2D eigenvalue weighted by molar-refractivity contribution is 7.91. The maximum atomic E-state index is 12.5. The summed E-state index contributed by atoms with van der Waals surface area (Å²) in [5.41, 5.74) is -0.854. The second-order valence-electron chi connectivity index (χ2n) is 4.99. The SMILES string of the molecule is Cc1cc(C(F)(F)F)nn1CC(=O)N[C@H]1CCS(=O)(=O)C1. The smallest absolute Gasteiger partial charge is 0.351 e. The molecule has 0 aliphatic carbocycles. The molecule has 1 aromatic heterocycles. The molecular formula is C11H14F3N3O3S. The summed E-state index contributed by atoms with van der Waals surface area (Å²) in [7, 11) is -3.12. The van der Waals surface area contributed by atoms with Crippen LogP contribution in [0, 0.1) is 6.92 Å². The van der Waals surface area contributed by atoms with Crippen LogP contribution in [0.1, 0.15) is 17.8 Å². The lowest BCUT2D eigenvalue weighted by Crippen LogP contribution is -2.38. The Morgan fingerprint density at radius 2 is 2.19 bits per heavy atom. The van der Waals surface area contributed by atoms with Crippen LogP contribution in [0.25, 0.3) is 0 Å². The lowest BCUT2D eigenvalue weighted by atomic mass is 10.2. The van der Waals surface area contributed by atoms with Crippen molar-refractivity contribution in [1.29, 1.82) is 0 Å². The van der Waals surface area contributed by atoms with Crippen molar-refractivity contribution in [1.82, 2.24) is 15.1 Å². The number of sulfone groups is 1. The third-order valence-corrected chi connectivity index (χ3v) is 4.93. The zero-order valence-corrected chi connectivity index (χ0v) is 12.0. The van der Waals surface area contributed by atoms with Crippen molar-refractivity contribution in [3.63, 3.8) is 0 Å². The molecule has 0 radical (unpaired) electrons. The van der Waals surface area contributed by atoms with Crippen molar-refractivity contribution in [3.8, 4) is 0 Å². The van der Waals surface area contributed by atoms with Crippen molar-refractivity contribution < 1.29 is 26.4 Å². The Bertz CT molecular complexity index is 651. The molecule has 0 saturated carbocycles. The highest BCUT2D eigenvalue weighted by atomic mass is 32.2. The Morgan fingerprint density at radius 1 is 1.52 bits per heavy atom. The maximum absolute atomic E-state index is 12.5. The summed E-state index contributed by atoms with van der Waals surface area (Å²) in [5, 5.41) is 5.83. The van der Waals surface area contributed by atoms with Crippen LogP contribution in [-0.2, 0) is 27.4 Å². The number of hydrogen-bond donors (Lipinski definition) is 1. The lowest BCUT2D eigenvalue weighted by Gasteiger charge is -2.11. The first kappa shape index (κ1) is 15.8. The van der Waals surface area contributed by atoms with Crippen LogP contribution in [-0.4, -0.2) is 41.7 Å². The third-order valence-electron chi connectivity index (χ3n) is 3.16. The molecule has 1 aliphatic heterocycles. The summed E-state index contributed by atoms with van der Waals surface area (Å²) < 4.78 is 60.9. The fraction of sp³-hybridized carbons (Fsp3) is 0.636. The molecule has 0 unspecified atom stereocenters. The van der Waals surface area contributed by atoms with E-state index < -0.39 is 33.7 Å². The zero-order valence-electron chi connectivity index (χ0n) is 11.1. The maximum Gasteiger partial charge on any atom is 0.435 e. The summed E-state index contributed by atoms with van der Waals surface area (Å²) in [6, 6.07) is 0.369. The van der Waals surface area contributed by atoms with E-state index in [1.807, 2.05) is 0 Å². The predicted molar refractivity (Wildman–Crippen MR) is 67.2 cm³/mol. The number of carbonyl (C=O) groups excluding carboxylic acids is 1. The highest BCUT2D eigenvalue weighted by Crippen LogP contribution is 2.28. The molecule has 1 amide bonds. The number of aromatic nitrogens is 2. The van der Waals surface area contributed by atoms with Crippen LogP contribution in [0.4, 0.5) is 13.2 Å². The van der Waals surface area contributed by atoms with Gasteiger partial charge in [0, 0.05) is 11.7 Å². The molecular weight excluding hydrogens is 311 g/mol. The van der Waals surface area contributed by atoms with Gasteiger partial charge in [0.15, 0.2) is 15.5 Å². The van der Waals surface area contributed by atoms with Crippen molar-refractivity contribution in [2.45, 2.75) is 32.1 Å². The van der Waals surface area contributed by atoms with Gasteiger partial charge in [-0.2, -0.15) is 18.3 Å². The minimum absolute atomic E-state index is 0.0109. The molecule has 10 heteroatoms. The van der Waals surface area contributed by atoms with E-state index in [1.54, 1.807) is 0 Å². The topological polar surface area (TPSA) is 81.1 Å². The average molecular weight is 325 g/mol. The normalized spacial score (nSPS) is 21.4. The molecule has 1 saturated heterocycles. The molecule has 0 bridgehead atoms. The van der Waals surface area contributed by atoms with E-state index in [-0.39, 0.29) is 23.7 Å². The highest BCUT2D eigenvalue weighted by Gasteiger charge is 2.35. The van der Waals surface area contributed by atoms with Gasteiger partial charge in [0.2, 0.25) is 5.91 Å². The number of amides is 1. The predicted octanol–water partition coefficient (Wildman–Crippen LogP) is 0.514. The fourth-order valence-corrected chi connectivity index (χ4v) is 3.80. The largest absolute Gasteiger partial charge is 0.435 e. The zero-order chi connectivity index (χ0) is 15.8. The fourth-order valence-electron chi connectivity index (χ4n) is 2.13. The van der Waals surface area contributed by atoms with Gasteiger partial charge in [0.1, 0.15) is 6.54 Å². The third kappa shape index (κ3) is 3.96. The molecule has 0 spiro atoms. The standard InChI is InChI=1S/C11H14F3N3O3S/c1-7-4-9(11(12,13)14)16-17(7)5-10(18)15-8-2-3-21(19,20)6-8/h4,8H,2-3,5-6H2,1H3,(H,15,18)/t8-/m0/s1. The number of alkyl halides is 3. The number of aryl methyl sites for hydroxylation is 1. The Hall–Kier alpha value is -1.58. The van der Waals surface area contributed by atoms with E-state index in [0.29, 0.717) is 6.42 Å². The van der Waals surface area contributed by atoms with Gasteiger partial charge in [-0.25, -0.2) is 8.42 Å². The van der Waals surface area contributed by atoms with Crippen molar-refractivity contribution in [2.24, 2.45) is 0 Å². The molecule has 1 aromatic rings. The van der Waals surface area contributed by atoms with Gasteiger partial charge in [0.05, 0.1) is 11.5 Å². The van der Waals surface area contributed by atoms with Gasteiger partial charge >= 0.3 is 6.18 Å². The lowest BCUT2D eigenvalue weighted by molar-refractivity contribution is -0.141. The van der Waals surface area contributed by atoms with E-state index in [0.717, 1.165) is 10.7 Å². The summed E-state index contributed by atoms with van der Waals surface area (Å²) in [6.07, 6.45) is -4.24. The van der Waals surface area contributed by atoms with Crippen molar-refractivity contribution in [3.05, 3.63) is 17.5 Å². The number of halogens is 3. The number of carbonyl (C=O) groups is 1. The molecule has 21 heavy (non-hydrogen) atoms. The minimum atomic E-state index is -4.56. The van der Waals surface area contributed by atoms with E-state index in [4.69, 9.17) is 0 Å². The van der Waals surface area contributed by atoms with Crippen LogP contribution in [0.5, 0.6) is 0 Å². The number of nitrogens with zero attached hydrogens (tertiary/aromatic N) is 2. The van der Waals surface area contributed by atoms with E-state index in [1.165, 1.54) is 6.92 Å². The molecule has 1 atom stereocenters. The first-order valence-electron chi connectivity index (χ1n) is 6.18. The van der Waals surface area contributed by atoms with Gasteiger partial charge in [-0.05, 0) is 19.4 Å². The van der Waals surface area contributed by atoms with Crippen LogP contribution >= 0.6 is 0 Å². The number of rotatable bonds is 3. The van der Waals surface area contributed by atoms with Gasteiger partial charge < -0.3 is 5.32 Å². The van der Waals surface area contributed by atoms with Gasteiger partial charge in [0.25, 0.3) is 0 Å². The van der Waals surface area contributed by atoms with E-state index in [9.17, 15) is 26.4 Å². The van der Waals surface area contributed by atoms with Crippen molar-refractivity contribution in [2.75, 3.05) is 11.5 Å². The first-order valence-corrected chi connectivity index (χ1v) is 8.00. The van der Waals surface area contributed by atoms with E-state index in [2.05, 4.69) is 10.4 Å². The molecule has 1 N–H and O–H groups in total. The second-order valence-corrected chi connectivity index (χ2v) is 7.22. The Balaban J connectivity index is 1.99. The van der Waals surface area contributed by atoms with Gasteiger partial charge in [-0.3, -0.25) is 9.48 Å². The number of hydrogen-bond acceptors (Lipinski definition) is 4. The van der Waals surface area contributed by atoms with Crippen LogP contribution in [0.3, 0.4) is 0 Å². The molecule has 2 rings (SSSR count). The van der Waals surface area contributed by atoms with E-state index >= 15 is 0 Å². The summed E-state index contributed by atoms with van der Waals surface area (Å²) in [6.45, 7) is 1.04. The van der Waals surface area contributed by atoms with Crippen molar-refractivity contribution >= 4 is 15.7 Å². The molecule has 0 aromatic carbocycles. The summed E-state index contributed by atoms with van der Waals surface area (Å²) in [4.78, 5) is 11.7. The van der Waals surface area contributed by atoms with Gasteiger partial charge in [-0.1, -0.05) is 0 Å². The van der Waals surface area contributed by atoms with Crippen LogP contribution in [0.2, 0.25) is 0 Å². The molecule has 1 fully saturated rings. The molecule has 2 heterocycles.